The smallest absolute Gasteiger partial charge is 0.316 e. The van der Waals surface area contributed by atoms with Crippen LogP contribution in [0, 0.1) is 0 Å². The molecule has 3 aromatic rings. The van der Waals surface area contributed by atoms with Crippen molar-refractivity contribution in [3.8, 4) is 11.4 Å². The average molecular weight is 332 g/mol. The highest BCUT2D eigenvalue weighted by Gasteiger charge is 2.25. The summed E-state index contributed by atoms with van der Waals surface area (Å²) in [7, 11) is 0. The quantitative estimate of drug-likeness (QED) is 0.780. The van der Waals surface area contributed by atoms with Gasteiger partial charge in [-0.15, -0.1) is 0 Å². The fraction of sp³-hybridized carbons (Fsp3) is 0.333. The Balaban J connectivity index is 1.66. The van der Waals surface area contributed by atoms with E-state index in [0.29, 0.717) is 16.2 Å². The molecule has 0 bridgehead atoms. The van der Waals surface area contributed by atoms with E-state index in [1.807, 2.05) is 6.07 Å². The molecule has 8 heteroatoms. The molecule has 23 heavy (non-hydrogen) atoms. The fourth-order valence-corrected chi connectivity index (χ4v) is 3.07. The van der Waals surface area contributed by atoms with E-state index in [9.17, 15) is 4.79 Å². The second kappa shape index (κ2) is 5.66. The van der Waals surface area contributed by atoms with Crippen LogP contribution in [0.2, 0.25) is 5.02 Å². The number of nitrogens with one attached hydrogen (secondary N) is 1. The lowest BCUT2D eigenvalue weighted by Crippen LogP contribution is -2.35. The van der Waals surface area contributed by atoms with Crippen LogP contribution in [-0.4, -0.2) is 44.0 Å². The Hall–Kier alpha value is -2.41. The molecule has 1 fully saturated rings. The van der Waals surface area contributed by atoms with Gasteiger partial charge in [-0.1, -0.05) is 16.8 Å². The van der Waals surface area contributed by atoms with Crippen molar-refractivity contribution in [3.63, 3.8) is 0 Å². The van der Waals surface area contributed by atoms with Gasteiger partial charge in [-0.05, 0) is 25.3 Å². The van der Waals surface area contributed by atoms with Gasteiger partial charge in [0.05, 0.1) is 10.6 Å². The van der Waals surface area contributed by atoms with Crippen molar-refractivity contribution >= 4 is 28.5 Å². The minimum absolute atomic E-state index is 0.00728. The van der Waals surface area contributed by atoms with Crippen molar-refractivity contribution in [1.29, 1.82) is 0 Å². The highest BCUT2D eigenvalue weighted by molar-refractivity contribution is 6.37. The number of hydrogen-bond acceptors (Lipinski definition) is 5. The molecule has 1 saturated heterocycles. The molecule has 0 aliphatic carbocycles. The predicted octanol–water partition coefficient (Wildman–Crippen LogP) is 2.89. The number of rotatable bonds is 2. The second-order valence-electron chi connectivity index (χ2n) is 5.50. The Morgan fingerprint density at radius 3 is 2.96 bits per heavy atom. The number of amides is 1. The number of carbonyl (C=O) groups is 1. The molecular weight excluding hydrogens is 318 g/mol. The van der Waals surface area contributed by atoms with Crippen molar-refractivity contribution in [3.05, 3.63) is 29.4 Å². The number of halogens is 1. The first-order valence-electron chi connectivity index (χ1n) is 7.49. The molecule has 1 aliphatic heterocycles. The maximum atomic E-state index is 12.4. The number of aromatic nitrogens is 4. The molecule has 0 saturated carbocycles. The Kier molecular flexibility index (Phi) is 3.49. The van der Waals surface area contributed by atoms with E-state index in [1.165, 1.54) is 0 Å². The van der Waals surface area contributed by atoms with Crippen molar-refractivity contribution in [2.45, 2.75) is 19.3 Å². The molecule has 0 atom stereocenters. The number of aromatic amines is 1. The monoisotopic (exact) mass is 331 g/mol. The number of fused-ring (bicyclic) bond motifs is 1. The number of hydrogen-bond donors (Lipinski definition) is 1. The van der Waals surface area contributed by atoms with Crippen LogP contribution in [-0.2, 0) is 0 Å². The van der Waals surface area contributed by atoms with Gasteiger partial charge in [0.1, 0.15) is 5.65 Å². The molecule has 0 spiro atoms. The SMILES string of the molecule is O=C(c1nc(-c2cnc3[nH]ccc3c2Cl)no1)N1CCCCC1. The van der Waals surface area contributed by atoms with Gasteiger partial charge in [-0.3, -0.25) is 4.79 Å². The topological polar surface area (TPSA) is 87.9 Å². The summed E-state index contributed by atoms with van der Waals surface area (Å²) in [6.45, 7) is 1.46. The summed E-state index contributed by atoms with van der Waals surface area (Å²) in [5.74, 6) is 0.0355. The number of nitrogens with zero attached hydrogens (tertiary/aromatic N) is 4. The first-order valence-corrected chi connectivity index (χ1v) is 7.87. The lowest BCUT2D eigenvalue weighted by molar-refractivity contribution is 0.0674. The zero-order valence-electron chi connectivity index (χ0n) is 12.3. The molecule has 4 heterocycles. The summed E-state index contributed by atoms with van der Waals surface area (Å²) in [5.41, 5.74) is 1.23. The summed E-state index contributed by atoms with van der Waals surface area (Å²) < 4.78 is 5.14. The first-order chi connectivity index (χ1) is 11.2. The van der Waals surface area contributed by atoms with Crippen molar-refractivity contribution in [2.75, 3.05) is 13.1 Å². The van der Waals surface area contributed by atoms with Crippen molar-refractivity contribution in [1.82, 2.24) is 25.0 Å². The Morgan fingerprint density at radius 2 is 2.13 bits per heavy atom. The highest BCUT2D eigenvalue weighted by atomic mass is 35.5. The number of piperidine rings is 1. The van der Waals surface area contributed by atoms with Gasteiger partial charge < -0.3 is 14.4 Å². The number of likely N-dealkylation sites (tertiary alicyclic amines) is 1. The van der Waals surface area contributed by atoms with Gasteiger partial charge >= 0.3 is 11.8 Å². The van der Waals surface area contributed by atoms with E-state index in [4.69, 9.17) is 16.1 Å². The molecule has 118 valence electrons. The average Bonchev–Trinajstić information content (AvgIpc) is 3.25. The Labute approximate surface area is 136 Å². The normalized spacial score (nSPS) is 15.3. The van der Waals surface area contributed by atoms with Crippen LogP contribution in [0.15, 0.2) is 23.0 Å². The molecular formula is C15H14ClN5O2. The van der Waals surface area contributed by atoms with E-state index in [1.54, 1.807) is 17.3 Å². The van der Waals surface area contributed by atoms with Gasteiger partial charge in [0, 0.05) is 30.9 Å². The van der Waals surface area contributed by atoms with Gasteiger partial charge in [-0.2, -0.15) is 4.98 Å². The molecule has 1 N–H and O–H groups in total. The first kappa shape index (κ1) is 14.2. The van der Waals surface area contributed by atoms with Crippen LogP contribution in [0.1, 0.15) is 29.9 Å². The number of H-pyrrole nitrogens is 1. The fourth-order valence-electron chi connectivity index (χ4n) is 2.78. The second-order valence-corrected chi connectivity index (χ2v) is 5.88. The lowest BCUT2D eigenvalue weighted by atomic mass is 10.1. The molecule has 3 aromatic heterocycles. The van der Waals surface area contributed by atoms with Crippen LogP contribution in [0.25, 0.3) is 22.4 Å². The van der Waals surface area contributed by atoms with E-state index >= 15 is 0 Å². The van der Waals surface area contributed by atoms with E-state index in [0.717, 1.165) is 37.7 Å². The van der Waals surface area contributed by atoms with Crippen LogP contribution in [0.3, 0.4) is 0 Å². The largest absolute Gasteiger partial charge is 0.346 e. The maximum absolute atomic E-state index is 12.4. The van der Waals surface area contributed by atoms with Crippen LogP contribution >= 0.6 is 11.6 Å². The molecule has 1 amide bonds. The number of pyridine rings is 1. The molecule has 7 nitrogen and oxygen atoms in total. The summed E-state index contributed by atoms with van der Waals surface area (Å²) in [6, 6.07) is 1.83. The van der Waals surface area contributed by atoms with Crippen molar-refractivity contribution < 1.29 is 9.32 Å². The van der Waals surface area contributed by atoms with Gasteiger partial charge in [-0.25, -0.2) is 4.98 Å². The summed E-state index contributed by atoms with van der Waals surface area (Å²) in [6.07, 6.45) is 6.49. The standard InChI is InChI=1S/C15H14ClN5O2/c16-11-9-4-5-17-12(9)18-8-10(11)13-19-14(23-20-13)15(22)21-6-2-1-3-7-21/h4-5,8H,1-3,6-7H2,(H,17,18). The minimum atomic E-state index is -0.227. The van der Waals surface area contributed by atoms with Crippen LogP contribution in [0.4, 0.5) is 0 Å². The van der Waals surface area contributed by atoms with Gasteiger partial charge in [0.25, 0.3) is 0 Å². The van der Waals surface area contributed by atoms with E-state index in [2.05, 4.69) is 20.1 Å². The lowest BCUT2D eigenvalue weighted by Gasteiger charge is -2.24. The third-order valence-corrected chi connectivity index (χ3v) is 4.42. The number of carbonyl (C=O) groups excluding carboxylic acids is 1. The van der Waals surface area contributed by atoms with E-state index < -0.39 is 0 Å². The highest BCUT2D eigenvalue weighted by Crippen LogP contribution is 2.31. The Bertz CT molecular complexity index is 866. The zero-order chi connectivity index (χ0) is 15.8. The van der Waals surface area contributed by atoms with Gasteiger partial charge in [0.15, 0.2) is 0 Å². The third-order valence-electron chi connectivity index (χ3n) is 4.01. The zero-order valence-corrected chi connectivity index (χ0v) is 13.0. The Morgan fingerprint density at radius 1 is 1.30 bits per heavy atom. The van der Waals surface area contributed by atoms with E-state index in [-0.39, 0.29) is 17.6 Å². The minimum Gasteiger partial charge on any atom is -0.346 e. The molecule has 0 radical (unpaired) electrons. The predicted molar refractivity (Wildman–Crippen MR) is 84.2 cm³/mol. The maximum Gasteiger partial charge on any atom is 0.316 e. The summed E-state index contributed by atoms with van der Waals surface area (Å²) in [5, 5.41) is 5.14. The third kappa shape index (κ3) is 2.46. The molecule has 0 aromatic carbocycles. The summed E-state index contributed by atoms with van der Waals surface area (Å²) in [4.78, 5) is 25.6. The molecule has 1 aliphatic rings. The van der Waals surface area contributed by atoms with Gasteiger partial charge in [0.2, 0.25) is 5.82 Å². The molecule has 0 unspecified atom stereocenters. The van der Waals surface area contributed by atoms with Crippen LogP contribution in [0.5, 0.6) is 0 Å². The van der Waals surface area contributed by atoms with Crippen molar-refractivity contribution in [2.24, 2.45) is 0 Å². The van der Waals surface area contributed by atoms with Crippen LogP contribution < -0.4 is 0 Å². The molecule has 4 rings (SSSR count). The summed E-state index contributed by atoms with van der Waals surface area (Å²) >= 11 is 6.38.